The maximum absolute atomic E-state index is 14.0. The van der Waals surface area contributed by atoms with Crippen molar-refractivity contribution in [1.29, 1.82) is 0 Å². The highest BCUT2D eigenvalue weighted by atomic mass is 16.5. The Bertz CT molecular complexity index is 2760. The van der Waals surface area contributed by atoms with Crippen LogP contribution in [0.25, 0.3) is 55.4 Å². The van der Waals surface area contributed by atoms with E-state index in [1.165, 1.54) is 0 Å². The summed E-state index contributed by atoms with van der Waals surface area (Å²) in [5, 5.41) is 7.76. The van der Waals surface area contributed by atoms with Crippen LogP contribution in [0.3, 0.4) is 0 Å². The fraction of sp³-hybridized carbons (Fsp3) is 0.120. The van der Waals surface area contributed by atoms with E-state index in [4.69, 9.17) is 28.9 Å². The van der Waals surface area contributed by atoms with Gasteiger partial charge < -0.3 is 29.6 Å². The van der Waals surface area contributed by atoms with Crippen molar-refractivity contribution in [3.8, 4) is 56.6 Å². The van der Waals surface area contributed by atoms with E-state index in [2.05, 4.69) is 10.6 Å². The van der Waals surface area contributed by atoms with Crippen molar-refractivity contribution in [3.63, 3.8) is 0 Å². The number of nitrogens with zero attached hydrogens (tertiary/aromatic N) is 2. The number of anilines is 2. The van der Waals surface area contributed by atoms with Crippen LogP contribution in [0.15, 0.2) is 133 Å². The van der Waals surface area contributed by atoms with Crippen molar-refractivity contribution in [2.45, 2.75) is 13.8 Å². The van der Waals surface area contributed by atoms with Crippen molar-refractivity contribution in [2.24, 2.45) is 0 Å². The van der Waals surface area contributed by atoms with Gasteiger partial charge in [0.05, 0.1) is 62.0 Å². The summed E-state index contributed by atoms with van der Waals surface area (Å²) >= 11 is 0. The molecule has 0 aliphatic rings. The second kappa shape index (κ2) is 16.6. The second-order valence-corrected chi connectivity index (χ2v) is 14.3. The molecule has 0 atom stereocenters. The summed E-state index contributed by atoms with van der Waals surface area (Å²) in [4.78, 5) is 37.7. The Morgan fingerprint density at radius 1 is 0.433 bits per heavy atom. The molecule has 2 amide bonds. The summed E-state index contributed by atoms with van der Waals surface area (Å²) in [5.74, 6) is 1.85. The van der Waals surface area contributed by atoms with Gasteiger partial charge in [0, 0.05) is 33.3 Å². The predicted molar refractivity (Wildman–Crippen MR) is 238 cm³/mol. The highest BCUT2D eigenvalue weighted by Gasteiger charge is 2.19. The zero-order valence-corrected chi connectivity index (χ0v) is 34.0. The molecule has 0 bridgehead atoms. The molecule has 0 aliphatic heterocycles. The van der Waals surface area contributed by atoms with Crippen molar-refractivity contribution < 1.29 is 28.5 Å². The van der Waals surface area contributed by atoms with Crippen LogP contribution in [0.2, 0.25) is 0 Å². The van der Waals surface area contributed by atoms with E-state index in [9.17, 15) is 9.59 Å². The normalized spacial score (nSPS) is 11.0. The molecule has 60 heavy (non-hydrogen) atoms. The van der Waals surface area contributed by atoms with E-state index >= 15 is 0 Å². The summed E-state index contributed by atoms with van der Waals surface area (Å²) in [7, 11) is 6.35. The Kier molecular flexibility index (Phi) is 10.8. The van der Waals surface area contributed by atoms with Crippen LogP contribution in [0, 0.1) is 13.8 Å². The molecule has 0 spiro atoms. The van der Waals surface area contributed by atoms with Gasteiger partial charge in [-0.25, -0.2) is 9.97 Å². The minimum Gasteiger partial charge on any atom is -0.493 e. The number of carbonyl (C=O) groups excluding carboxylic acids is 2. The zero-order valence-electron chi connectivity index (χ0n) is 34.0. The van der Waals surface area contributed by atoms with Gasteiger partial charge >= 0.3 is 0 Å². The number of hydrogen-bond donors (Lipinski definition) is 2. The molecule has 10 nitrogen and oxygen atoms in total. The van der Waals surface area contributed by atoms with Gasteiger partial charge in [-0.05, 0) is 121 Å². The van der Waals surface area contributed by atoms with E-state index in [1.54, 1.807) is 40.6 Å². The fourth-order valence-corrected chi connectivity index (χ4v) is 7.36. The number of rotatable bonds is 11. The maximum atomic E-state index is 14.0. The molecular formula is C50H42N4O6. The topological polar surface area (TPSA) is 121 Å². The summed E-state index contributed by atoms with van der Waals surface area (Å²) in [6.07, 6.45) is 0. The third-order valence-corrected chi connectivity index (χ3v) is 10.6. The number of amides is 2. The number of aryl methyl sites for hydroxylation is 2. The minimum atomic E-state index is -0.250. The highest BCUT2D eigenvalue weighted by Crippen LogP contribution is 2.36. The van der Waals surface area contributed by atoms with Gasteiger partial charge in [-0.3, -0.25) is 9.59 Å². The molecule has 2 aromatic heterocycles. The number of carbonyl (C=O) groups is 2. The molecule has 0 saturated heterocycles. The Morgan fingerprint density at radius 3 is 1.20 bits per heavy atom. The average Bonchev–Trinajstić information content (AvgIpc) is 3.28. The fourth-order valence-electron chi connectivity index (χ4n) is 7.36. The number of nitrogens with one attached hydrogen (secondary N) is 2. The van der Waals surface area contributed by atoms with E-state index in [0.717, 1.165) is 44.2 Å². The van der Waals surface area contributed by atoms with Gasteiger partial charge in [-0.15, -0.1) is 0 Å². The quantitative estimate of drug-likeness (QED) is 0.133. The van der Waals surface area contributed by atoms with Crippen LogP contribution in [0.4, 0.5) is 11.4 Å². The van der Waals surface area contributed by atoms with Gasteiger partial charge in [0.25, 0.3) is 11.8 Å². The molecule has 2 heterocycles. The van der Waals surface area contributed by atoms with Crippen molar-refractivity contribution in [1.82, 2.24) is 9.97 Å². The molecule has 0 saturated carbocycles. The number of hydrogen-bond acceptors (Lipinski definition) is 8. The predicted octanol–water partition coefficient (Wildman–Crippen LogP) is 10.9. The molecule has 0 fully saturated rings. The van der Waals surface area contributed by atoms with Crippen molar-refractivity contribution in [2.75, 3.05) is 39.1 Å². The molecule has 8 rings (SSSR count). The average molecular weight is 795 g/mol. The molecule has 10 heteroatoms. The summed E-state index contributed by atoms with van der Waals surface area (Å²) in [5.41, 5.74) is 10.4. The lowest BCUT2D eigenvalue weighted by atomic mass is 9.99. The lowest BCUT2D eigenvalue weighted by Crippen LogP contribution is -2.14. The lowest BCUT2D eigenvalue weighted by Gasteiger charge is -2.15. The zero-order chi connectivity index (χ0) is 41.9. The number of fused-ring (bicyclic) bond motifs is 2. The van der Waals surface area contributed by atoms with Crippen LogP contribution in [-0.4, -0.2) is 50.2 Å². The van der Waals surface area contributed by atoms with Gasteiger partial charge in [-0.2, -0.15) is 0 Å². The van der Waals surface area contributed by atoms with Crippen molar-refractivity contribution >= 4 is 45.0 Å². The summed E-state index contributed by atoms with van der Waals surface area (Å²) < 4.78 is 21.9. The Balaban J connectivity index is 1.03. The Labute approximate surface area is 347 Å². The van der Waals surface area contributed by atoms with Crippen LogP contribution < -0.4 is 29.6 Å². The van der Waals surface area contributed by atoms with Crippen LogP contribution in [0.1, 0.15) is 31.8 Å². The molecule has 2 N–H and O–H groups in total. The highest BCUT2D eigenvalue weighted by molar-refractivity contribution is 6.14. The van der Waals surface area contributed by atoms with Crippen molar-refractivity contribution in [3.05, 3.63) is 156 Å². The number of aromatic nitrogens is 2. The largest absolute Gasteiger partial charge is 0.493 e. The minimum absolute atomic E-state index is 0.250. The number of para-hydroxylation sites is 2. The van der Waals surface area contributed by atoms with E-state index in [-0.39, 0.29) is 11.8 Å². The molecule has 0 unspecified atom stereocenters. The summed E-state index contributed by atoms with van der Waals surface area (Å²) in [6.45, 7) is 3.94. The Hall–Kier alpha value is -7.72. The van der Waals surface area contributed by atoms with E-state index < -0.39 is 0 Å². The first-order valence-electron chi connectivity index (χ1n) is 19.3. The van der Waals surface area contributed by atoms with E-state index in [0.29, 0.717) is 67.9 Å². The number of benzene rings is 6. The standard InChI is InChI=1S/C50H42N4O6/c1-29-23-31(15-19-39(29)53-49(55)37-27-43(51-41-13-9-7-11-35(37)41)33-17-21-45(57-3)47(25-33)59-5)32-16-20-40(30(2)24-32)54-50(56)38-28-44(52-42-14-10-8-12-36(38)42)34-18-22-46(58-4)48(26-34)60-6/h7-28H,1-6H3,(H,53,55)(H,54,56). The van der Waals surface area contributed by atoms with Crippen LogP contribution >= 0.6 is 0 Å². The number of ether oxygens (including phenoxy) is 4. The van der Waals surface area contributed by atoms with Gasteiger partial charge in [0.2, 0.25) is 0 Å². The molecule has 298 valence electrons. The van der Waals surface area contributed by atoms with Gasteiger partial charge in [0.15, 0.2) is 23.0 Å². The second-order valence-electron chi connectivity index (χ2n) is 14.3. The molecular weight excluding hydrogens is 753 g/mol. The van der Waals surface area contributed by atoms with Gasteiger partial charge in [-0.1, -0.05) is 48.5 Å². The first kappa shape index (κ1) is 39.1. The first-order chi connectivity index (χ1) is 29.2. The summed E-state index contributed by atoms with van der Waals surface area (Å²) in [6, 6.07) is 41.8. The van der Waals surface area contributed by atoms with Crippen LogP contribution in [0.5, 0.6) is 23.0 Å². The molecule has 6 aromatic carbocycles. The molecule has 8 aromatic rings. The SMILES string of the molecule is COc1ccc(-c2cc(C(=O)Nc3ccc(-c4ccc(NC(=O)c5cc(-c6ccc(OC)c(OC)c6)nc6ccccc56)c(C)c4)cc3C)c3ccccc3n2)cc1OC. The third-order valence-electron chi connectivity index (χ3n) is 10.6. The number of pyridine rings is 2. The number of methoxy groups -OCH3 is 4. The van der Waals surface area contributed by atoms with E-state index in [1.807, 2.05) is 135 Å². The first-order valence-corrected chi connectivity index (χ1v) is 19.3. The molecule has 0 aliphatic carbocycles. The lowest BCUT2D eigenvalue weighted by molar-refractivity contribution is 0.102. The van der Waals surface area contributed by atoms with Crippen LogP contribution in [-0.2, 0) is 0 Å². The monoisotopic (exact) mass is 794 g/mol. The van der Waals surface area contributed by atoms with Gasteiger partial charge in [0.1, 0.15) is 0 Å². The smallest absolute Gasteiger partial charge is 0.256 e. The molecule has 0 radical (unpaired) electrons. The third kappa shape index (κ3) is 7.66. The Morgan fingerprint density at radius 2 is 0.817 bits per heavy atom. The maximum Gasteiger partial charge on any atom is 0.256 e.